The molecule has 0 rings (SSSR count). The van der Waals surface area contributed by atoms with Crippen LogP contribution in [0.3, 0.4) is 0 Å². The topological polar surface area (TPSA) is 26.3 Å². The molecule has 136 valence electrons. The Hall–Kier alpha value is -0.310. The quantitative estimate of drug-likeness (QED) is 0.116. The van der Waals surface area contributed by atoms with Crippen molar-refractivity contribution >= 4 is 21.9 Å². The van der Waals surface area contributed by atoms with Crippen LogP contribution in [-0.2, 0) is 9.53 Å². The van der Waals surface area contributed by atoms with Crippen LogP contribution in [0.2, 0.25) is 0 Å². The molecule has 0 heterocycles. The summed E-state index contributed by atoms with van der Waals surface area (Å²) in [5.41, 5.74) is 0.490. The first-order valence-corrected chi connectivity index (χ1v) is 10.7. The Balaban J connectivity index is 3.05. The molecule has 0 aliphatic carbocycles. The summed E-state index contributed by atoms with van der Waals surface area (Å²) in [6.45, 7) is 5.80. The van der Waals surface area contributed by atoms with E-state index in [4.69, 9.17) is 4.74 Å². The zero-order valence-electron chi connectivity index (χ0n) is 15.2. The van der Waals surface area contributed by atoms with E-state index in [0.717, 1.165) is 18.2 Å². The third kappa shape index (κ3) is 17.9. The molecule has 0 aliphatic rings. The second-order valence-electron chi connectivity index (χ2n) is 6.55. The second-order valence-corrected chi connectivity index (χ2v) is 7.35. The minimum absolute atomic E-state index is 0.256. The van der Waals surface area contributed by atoms with Gasteiger partial charge in [0.1, 0.15) is 0 Å². The molecule has 0 aromatic heterocycles. The highest BCUT2D eigenvalue weighted by molar-refractivity contribution is 9.09. The van der Waals surface area contributed by atoms with E-state index in [-0.39, 0.29) is 5.97 Å². The Kier molecular flexibility index (Phi) is 17.8. The summed E-state index contributed by atoms with van der Waals surface area (Å²) in [4.78, 5) is 11.2. The zero-order valence-corrected chi connectivity index (χ0v) is 16.8. The number of carbonyl (C=O) groups is 1. The first-order chi connectivity index (χ1) is 11.2. The van der Waals surface area contributed by atoms with Gasteiger partial charge in [-0.15, -0.1) is 0 Å². The van der Waals surface area contributed by atoms with E-state index in [1.54, 1.807) is 6.92 Å². The molecule has 0 unspecified atom stereocenters. The van der Waals surface area contributed by atoms with Crippen molar-refractivity contribution in [3.63, 3.8) is 0 Å². The van der Waals surface area contributed by atoms with E-state index in [1.807, 2.05) is 0 Å². The van der Waals surface area contributed by atoms with Crippen LogP contribution in [0, 0.1) is 0 Å². The maximum Gasteiger partial charge on any atom is 0.333 e. The van der Waals surface area contributed by atoms with E-state index >= 15 is 0 Å². The van der Waals surface area contributed by atoms with Crippen molar-refractivity contribution in [2.45, 2.75) is 96.8 Å². The molecule has 0 N–H and O–H groups in total. The van der Waals surface area contributed by atoms with Crippen LogP contribution in [0.4, 0.5) is 0 Å². The van der Waals surface area contributed by atoms with Crippen molar-refractivity contribution < 1.29 is 9.53 Å². The average Bonchev–Trinajstić information content (AvgIpc) is 2.54. The van der Waals surface area contributed by atoms with Crippen molar-refractivity contribution in [1.29, 1.82) is 0 Å². The number of esters is 1. The molecule has 0 amide bonds. The van der Waals surface area contributed by atoms with Crippen LogP contribution >= 0.6 is 15.9 Å². The van der Waals surface area contributed by atoms with E-state index < -0.39 is 0 Å². The molecule has 0 radical (unpaired) electrons. The number of carbonyl (C=O) groups excluding carboxylic acids is 1. The maximum absolute atomic E-state index is 11.2. The van der Waals surface area contributed by atoms with Gasteiger partial charge in [0.15, 0.2) is 0 Å². The Morgan fingerprint density at radius 2 is 1.09 bits per heavy atom. The fraction of sp³-hybridized carbons (Fsp3) is 0.850. The normalized spacial score (nSPS) is 10.7. The molecule has 3 heteroatoms. The molecule has 0 fully saturated rings. The molecule has 0 saturated heterocycles. The monoisotopic (exact) mass is 388 g/mol. The summed E-state index contributed by atoms with van der Waals surface area (Å²) in [6.07, 6.45) is 18.7. The minimum Gasteiger partial charge on any atom is -0.462 e. The lowest BCUT2D eigenvalue weighted by Crippen LogP contribution is -2.05. The fourth-order valence-electron chi connectivity index (χ4n) is 2.61. The number of halogens is 1. The van der Waals surface area contributed by atoms with Gasteiger partial charge in [-0.05, 0) is 19.8 Å². The Bertz CT molecular complexity index is 289. The molecule has 0 aromatic rings. The van der Waals surface area contributed by atoms with Crippen molar-refractivity contribution in [2.24, 2.45) is 0 Å². The Morgan fingerprint density at radius 3 is 1.43 bits per heavy atom. The van der Waals surface area contributed by atoms with E-state index in [0.29, 0.717) is 12.2 Å². The average molecular weight is 389 g/mol. The van der Waals surface area contributed by atoms with E-state index in [9.17, 15) is 4.79 Å². The summed E-state index contributed by atoms with van der Waals surface area (Å²) in [5.74, 6) is -0.256. The highest BCUT2D eigenvalue weighted by Crippen LogP contribution is 2.13. The largest absolute Gasteiger partial charge is 0.462 e. The zero-order chi connectivity index (χ0) is 17.2. The second kappa shape index (κ2) is 18.0. The summed E-state index contributed by atoms with van der Waals surface area (Å²) in [6, 6.07) is 0. The number of hydrogen-bond donors (Lipinski definition) is 0. The van der Waals surface area contributed by atoms with Gasteiger partial charge in [-0.2, -0.15) is 0 Å². The van der Waals surface area contributed by atoms with Crippen molar-refractivity contribution in [3.8, 4) is 0 Å². The lowest BCUT2D eigenvalue weighted by Gasteiger charge is -2.05. The van der Waals surface area contributed by atoms with Gasteiger partial charge in [-0.3, -0.25) is 0 Å². The third-order valence-electron chi connectivity index (χ3n) is 4.11. The first-order valence-electron chi connectivity index (χ1n) is 9.57. The Labute approximate surface area is 152 Å². The minimum atomic E-state index is -0.256. The lowest BCUT2D eigenvalue weighted by atomic mass is 10.0. The van der Waals surface area contributed by atoms with Crippen LogP contribution in [0.1, 0.15) is 96.8 Å². The fourth-order valence-corrected chi connectivity index (χ4v) is 3.00. The summed E-state index contributed by atoms with van der Waals surface area (Å²) in [5, 5.41) is 1.16. The highest BCUT2D eigenvalue weighted by Gasteiger charge is 2.01. The number of unbranched alkanes of at least 4 members (excludes halogenated alkanes) is 13. The molecule has 0 atom stereocenters. The van der Waals surface area contributed by atoms with Gasteiger partial charge in [-0.1, -0.05) is 99.6 Å². The molecular weight excluding hydrogens is 352 g/mol. The van der Waals surface area contributed by atoms with Crippen molar-refractivity contribution in [2.75, 3.05) is 11.9 Å². The number of alkyl halides is 1. The summed E-state index contributed by atoms with van der Waals surface area (Å²) < 4.78 is 5.08. The van der Waals surface area contributed by atoms with Gasteiger partial charge in [0.25, 0.3) is 0 Å². The van der Waals surface area contributed by atoms with Gasteiger partial charge in [0.05, 0.1) is 6.61 Å². The smallest absolute Gasteiger partial charge is 0.333 e. The van der Waals surface area contributed by atoms with Gasteiger partial charge in [0.2, 0.25) is 0 Å². The SMILES string of the molecule is C=C(C)C(=O)OCCCCCCCCCCCCCCCCBr. The van der Waals surface area contributed by atoms with Gasteiger partial charge in [-0.25, -0.2) is 4.79 Å². The van der Waals surface area contributed by atoms with Crippen LogP contribution in [0.15, 0.2) is 12.2 Å². The molecule has 0 spiro atoms. The number of rotatable bonds is 17. The van der Waals surface area contributed by atoms with E-state index in [1.165, 1.54) is 77.0 Å². The van der Waals surface area contributed by atoms with Crippen LogP contribution in [-0.4, -0.2) is 17.9 Å². The number of ether oxygens (including phenoxy) is 1. The molecule has 0 saturated carbocycles. The third-order valence-corrected chi connectivity index (χ3v) is 4.67. The van der Waals surface area contributed by atoms with Crippen molar-refractivity contribution in [3.05, 3.63) is 12.2 Å². The standard InChI is InChI=1S/C20H37BrO2/c1-19(2)20(22)23-18-16-14-12-10-8-6-4-3-5-7-9-11-13-15-17-21/h1,3-18H2,2H3. The van der Waals surface area contributed by atoms with Crippen LogP contribution in [0.5, 0.6) is 0 Å². The molecule has 0 aromatic carbocycles. The predicted molar refractivity (Wildman–Crippen MR) is 104 cm³/mol. The molecule has 2 nitrogen and oxygen atoms in total. The predicted octanol–water partition coefficient (Wildman–Crippen LogP) is 6.96. The highest BCUT2D eigenvalue weighted by atomic mass is 79.9. The first kappa shape index (κ1) is 22.7. The lowest BCUT2D eigenvalue weighted by molar-refractivity contribution is -0.139. The van der Waals surface area contributed by atoms with Gasteiger partial charge < -0.3 is 4.74 Å². The maximum atomic E-state index is 11.2. The summed E-state index contributed by atoms with van der Waals surface area (Å²) in [7, 11) is 0. The summed E-state index contributed by atoms with van der Waals surface area (Å²) >= 11 is 3.48. The van der Waals surface area contributed by atoms with Crippen molar-refractivity contribution in [1.82, 2.24) is 0 Å². The molecule has 0 aliphatic heterocycles. The Morgan fingerprint density at radius 1 is 0.739 bits per heavy atom. The van der Waals surface area contributed by atoms with E-state index in [2.05, 4.69) is 22.5 Å². The number of hydrogen-bond acceptors (Lipinski definition) is 2. The molecule has 0 bridgehead atoms. The molecular formula is C20H37BrO2. The van der Waals surface area contributed by atoms with Gasteiger partial charge in [0, 0.05) is 10.9 Å². The van der Waals surface area contributed by atoms with Gasteiger partial charge >= 0.3 is 5.97 Å². The molecule has 23 heavy (non-hydrogen) atoms. The van der Waals surface area contributed by atoms with Crippen LogP contribution in [0.25, 0.3) is 0 Å². The van der Waals surface area contributed by atoms with Crippen LogP contribution < -0.4 is 0 Å².